The molecular weight excluding hydrogens is 1400 g/mol. The maximum absolute atomic E-state index is 13.8. The summed E-state index contributed by atoms with van der Waals surface area (Å²) in [6.07, 6.45) is -15.5. The van der Waals surface area contributed by atoms with Crippen molar-refractivity contribution >= 4 is 142 Å². The zero-order valence-corrected chi connectivity index (χ0v) is 54.1. The van der Waals surface area contributed by atoms with Gasteiger partial charge < -0.3 is 133 Å². The molecule has 0 aromatic rings. The number of nitrogens with two attached hydrogens (primary N) is 4. The second-order valence-corrected chi connectivity index (χ2v) is 22.0. The van der Waals surface area contributed by atoms with Gasteiger partial charge in [-0.2, -0.15) is 0 Å². The van der Waals surface area contributed by atoms with E-state index in [9.17, 15) is 161 Å². The average molecular weight is 1480 g/mol. The number of aliphatic hydroxyl groups excluding tert-OH is 2. The Morgan fingerprint density at radius 1 is 0.282 bits per heavy atom. The van der Waals surface area contributed by atoms with Crippen molar-refractivity contribution in [3.05, 3.63) is 0 Å². The number of primary amides is 4. The third-order valence-electron chi connectivity index (χ3n) is 13.5. The second-order valence-electron chi connectivity index (χ2n) is 22.0. The number of amides is 16. The van der Waals surface area contributed by atoms with Crippen LogP contribution >= 0.6 is 0 Å². The lowest BCUT2D eigenvalue weighted by molar-refractivity contribution is -0.143. The number of carbonyl (C=O) groups is 24. The molecule has 0 heterocycles. The molecule has 0 rings (SSSR count). The monoisotopic (exact) mass is 1480 g/mol. The molecule has 16 amide bonds. The lowest BCUT2D eigenvalue weighted by Crippen LogP contribution is -2.62. The Balaban J connectivity index is 6.94. The normalized spacial score (nSPS) is 14.2. The summed E-state index contributed by atoms with van der Waals surface area (Å²) in [5, 5.41) is 110. The highest BCUT2D eigenvalue weighted by Crippen LogP contribution is 2.15. The van der Waals surface area contributed by atoms with Gasteiger partial charge in [0.25, 0.3) is 0 Å². The summed E-state index contributed by atoms with van der Waals surface area (Å²) < 4.78 is 0. The fraction of sp³-hybridized carbons (Fsp3) is 0.556. The molecule has 0 spiro atoms. The molecular formula is C54H78N16O33. The number of hydrogen-bond donors (Lipinski definition) is 25. The minimum Gasteiger partial charge on any atom is -0.481 e. The first kappa shape index (κ1) is 90.4. The molecule has 0 unspecified atom stereocenters. The van der Waals surface area contributed by atoms with Crippen LogP contribution in [0.15, 0.2) is 0 Å². The van der Waals surface area contributed by atoms with E-state index in [4.69, 9.17) is 22.9 Å². The van der Waals surface area contributed by atoms with E-state index in [1.165, 1.54) is 0 Å². The third-order valence-corrected chi connectivity index (χ3v) is 13.5. The summed E-state index contributed by atoms with van der Waals surface area (Å²) in [5.74, 6) is -38.7. The molecule has 0 saturated carbocycles. The molecule has 49 nitrogen and oxygen atoms in total. The van der Waals surface area contributed by atoms with E-state index in [-0.39, 0.29) is 0 Å². The summed E-state index contributed by atoms with van der Waals surface area (Å²) >= 11 is 0. The van der Waals surface area contributed by atoms with Gasteiger partial charge >= 0.3 is 41.8 Å². The van der Waals surface area contributed by atoms with Crippen molar-refractivity contribution in [1.82, 2.24) is 63.8 Å². The first-order valence-corrected chi connectivity index (χ1v) is 29.8. The van der Waals surface area contributed by atoms with E-state index in [0.29, 0.717) is 0 Å². The standard InChI is InChI=1S/C54H78N16O33/c1-19(73)59-16-36(78)60-24(12-40(85)86)32(74)8-20(9-33(55)75)45(94)65-27(13-41(87)88)52(101)70-30(17-71)53(102)63-23(4-7-39(83)84)48(97)67-29(15-43(91)92)51(100)66-26(11-35(57)77)49(98)69-31(18-72)54(103)68-28(14-42(89)90)50(99)62-21(2-5-37(79)80)46(95)61-22(3-6-38(81)82)47(96)64-25(44(58)93)10-34(56)76/h20-31,71-72H,2-18H2,1H3,(H2,55,75)(H2,56,76)(H2,57,77)(H2,58,93)(H,59,73)(H,60,78)(H,61,95)(H,62,99)(H,63,102)(H,64,96)(H,65,94)(H,66,100)(H,67,97)(H,68,103)(H,69,98)(H,70,101)(H,79,80)(H,81,82)(H,83,84)(H,85,86)(H,87,88)(H,89,90)(H,91,92)/t20-,21-,22-,23-,24-,25-,26-,27-,28-,29-,30-,31-/m1/s1. The molecule has 103 heavy (non-hydrogen) atoms. The van der Waals surface area contributed by atoms with Gasteiger partial charge in [0.2, 0.25) is 94.5 Å². The molecule has 0 aromatic heterocycles. The Labute approximate surface area is 577 Å². The van der Waals surface area contributed by atoms with E-state index in [1.807, 2.05) is 47.9 Å². The van der Waals surface area contributed by atoms with Gasteiger partial charge in [0.1, 0.15) is 60.4 Å². The number of ketones is 1. The maximum atomic E-state index is 13.8. The lowest BCUT2D eigenvalue weighted by atomic mass is 9.92. The van der Waals surface area contributed by atoms with Crippen LogP contribution in [-0.2, 0) is 115 Å². The Kier molecular flexibility index (Phi) is 39.6. The van der Waals surface area contributed by atoms with Gasteiger partial charge in [-0.3, -0.25) is 115 Å². The van der Waals surface area contributed by atoms with E-state index < -0.39 is 324 Å². The fourth-order valence-corrected chi connectivity index (χ4v) is 8.48. The van der Waals surface area contributed by atoms with Gasteiger partial charge in [-0.05, 0) is 19.3 Å². The number of carboxylic acids is 7. The quantitative estimate of drug-likeness (QED) is 0.0269. The van der Waals surface area contributed by atoms with Crippen molar-refractivity contribution in [2.75, 3.05) is 19.8 Å². The van der Waals surface area contributed by atoms with Gasteiger partial charge in [-0.15, -0.1) is 0 Å². The highest BCUT2D eigenvalue weighted by Gasteiger charge is 2.39. The van der Waals surface area contributed by atoms with Crippen LogP contribution in [0.1, 0.15) is 96.8 Å². The van der Waals surface area contributed by atoms with Gasteiger partial charge in [-0.25, -0.2) is 0 Å². The van der Waals surface area contributed by atoms with Crippen molar-refractivity contribution in [2.45, 2.75) is 163 Å². The topological polar surface area (TPSA) is 840 Å². The molecule has 0 aliphatic rings. The molecule has 0 fully saturated rings. The summed E-state index contributed by atoms with van der Waals surface area (Å²) in [7, 11) is 0. The number of carboxylic acid groups (broad SMARTS) is 7. The largest absolute Gasteiger partial charge is 0.481 e. The molecule has 12 atom stereocenters. The predicted molar refractivity (Wildman–Crippen MR) is 327 cm³/mol. The SMILES string of the molecule is CC(=O)NCC(=O)N[C@H](CC(=O)O)C(=O)C[C@H](CC(N)=O)C(=O)N[C@H](CC(=O)O)C(=O)N[C@H](CO)C(=O)N[C@H](CCC(=O)O)C(=O)N[C@H](CC(=O)O)C(=O)N[C@H](CC(N)=O)C(=O)N[C@H](CO)C(=O)N[C@H](CC(=O)O)C(=O)N[C@H](CCC(=O)O)C(=O)N[C@H](CCC(=O)O)C(=O)N[C@H](CC(N)=O)C(N)=O. The van der Waals surface area contributed by atoms with E-state index >= 15 is 0 Å². The van der Waals surface area contributed by atoms with Crippen molar-refractivity contribution in [1.29, 1.82) is 0 Å². The van der Waals surface area contributed by atoms with Crippen LogP contribution < -0.4 is 86.7 Å². The highest BCUT2D eigenvalue weighted by atomic mass is 16.4. The fourth-order valence-electron chi connectivity index (χ4n) is 8.48. The van der Waals surface area contributed by atoms with Crippen LogP contribution in [0.25, 0.3) is 0 Å². The number of nitrogens with one attached hydrogen (secondary N) is 12. The van der Waals surface area contributed by atoms with Gasteiger partial charge in [0.15, 0.2) is 5.78 Å². The molecule has 0 aliphatic carbocycles. The average Bonchev–Trinajstić information content (AvgIpc) is 0.825. The molecule has 0 bridgehead atoms. The third kappa shape index (κ3) is 37.2. The molecule has 49 heteroatoms. The van der Waals surface area contributed by atoms with Crippen molar-refractivity contribution in [2.24, 2.45) is 28.9 Å². The molecule has 0 saturated heterocycles. The number of carbonyl (C=O) groups excluding carboxylic acids is 17. The van der Waals surface area contributed by atoms with Crippen LogP contribution in [0.2, 0.25) is 0 Å². The number of Topliss-reactive ketones (excluding diaryl/α,β-unsaturated/α-hetero) is 1. The van der Waals surface area contributed by atoms with Crippen LogP contribution in [0, 0.1) is 5.92 Å². The minimum atomic E-state index is -2.46. The Morgan fingerprint density at radius 3 is 0.816 bits per heavy atom. The number of rotatable bonds is 52. The molecule has 0 aromatic carbocycles. The Hall–Kier alpha value is -12.6. The highest BCUT2D eigenvalue weighted by molar-refractivity contribution is 6.03. The minimum absolute atomic E-state index is 0.713. The molecule has 29 N–H and O–H groups in total. The van der Waals surface area contributed by atoms with Crippen molar-refractivity contribution in [3.63, 3.8) is 0 Å². The zero-order valence-electron chi connectivity index (χ0n) is 54.1. The van der Waals surface area contributed by atoms with E-state index in [0.717, 1.165) is 6.92 Å². The van der Waals surface area contributed by atoms with Gasteiger partial charge in [0.05, 0.1) is 70.2 Å². The lowest BCUT2D eigenvalue weighted by Gasteiger charge is -2.27. The van der Waals surface area contributed by atoms with Crippen LogP contribution in [0.5, 0.6) is 0 Å². The van der Waals surface area contributed by atoms with Crippen LogP contribution in [0.3, 0.4) is 0 Å². The number of hydrogen-bond acceptors (Lipinski definition) is 26. The number of aliphatic carboxylic acids is 7. The molecule has 0 radical (unpaired) electrons. The first-order chi connectivity index (χ1) is 47.8. The van der Waals surface area contributed by atoms with Crippen molar-refractivity contribution in [3.8, 4) is 0 Å². The summed E-state index contributed by atoms with van der Waals surface area (Å²) in [5.41, 5.74) is 20.7. The Bertz CT molecular complexity index is 3270. The summed E-state index contributed by atoms with van der Waals surface area (Å²) in [6, 6.07) is -24.3. The summed E-state index contributed by atoms with van der Waals surface area (Å²) in [6.45, 7) is -2.76. The van der Waals surface area contributed by atoms with E-state index in [1.54, 1.807) is 10.6 Å². The predicted octanol–water partition coefficient (Wildman–Crippen LogP) is -14.4. The Morgan fingerprint density at radius 2 is 0.534 bits per heavy atom. The van der Waals surface area contributed by atoms with Gasteiger partial charge in [-0.1, -0.05) is 0 Å². The van der Waals surface area contributed by atoms with Gasteiger partial charge in [0, 0.05) is 39.0 Å². The first-order valence-electron chi connectivity index (χ1n) is 29.8. The van der Waals surface area contributed by atoms with Crippen LogP contribution in [0.4, 0.5) is 0 Å². The zero-order chi connectivity index (χ0) is 79.3. The van der Waals surface area contributed by atoms with Crippen molar-refractivity contribution < 1.29 is 161 Å². The molecule has 0 aliphatic heterocycles. The van der Waals surface area contributed by atoms with Crippen LogP contribution in [-0.4, -0.2) is 274 Å². The second kappa shape index (κ2) is 45.1. The van der Waals surface area contributed by atoms with E-state index in [2.05, 4.69) is 5.32 Å². The molecule has 572 valence electrons. The smallest absolute Gasteiger partial charge is 0.305 e. The summed E-state index contributed by atoms with van der Waals surface area (Å²) in [4.78, 5) is 303. The number of aliphatic hydroxyl groups is 2. The maximum Gasteiger partial charge on any atom is 0.305 e.